The van der Waals surface area contributed by atoms with E-state index in [0.717, 1.165) is 39.0 Å². The molecule has 9 aromatic carbocycles. The molecule has 1 saturated carbocycles. The molecular weight excluding hydrogens is 741 g/mol. The van der Waals surface area contributed by atoms with E-state index in [0.29, 0.717) is 5.92 Å². The molecule has 1 aliphatic carbocycles. The van der Waals surface area contributed by atoms with E-state index >= 15 is 0 Å². The highest BCUT2D eigenvalue weighted by molar-refractivity contribution is 6.15. The number of fused-ring (bicyclic) bond motifs is 7. The summed E-state index contributed by atoms with van der Waals surface area (Å²) in [5, 5.41) is 7.41. The van der Waals surface area contributed by atoms with E-state index < -0.39 is 0 Å². The summed E-state index contributed by atoms with van der Waals surface area (Å²) in [6.07, 6.45) is 6.46. The number of benzene rings is 9. The first-order valence-electron chi connectivity index (χ1n) is 21.8. The Morgan fingerprint density at radius 3 is 1.97 bits per heavy atom. The summed E-state index contributed by atoms with van der Waals surface area (Å²) in [6, 6.07) is 73.2. The third-order valence-corrected chi connectivity index (χ3v) is 13.2. The maximum atomic E-state index is 6.51. The average molecular weight is 785 g/mol. The van der Waals surface area contributed by atoms with Crippen LogP contribution in [0.25, 0.3) is 82.5 Å². The molecule has 0 unspecified atom stereocenters. The lowest BCUT2D eigenvalue weighted by molar-refractivity contribution is 0.445. The predicted octanol–water partition coefficient (Wildman–Crippen LogP) is 16.7. The van der Waals surface area contributed by atoms with Crippen molar-refractivity contribution in [1.82, 2.24) is 4.57 Å². The van der Waals surface area contributed by atoms with Crippen LogP contribution >= 0.6 is 0 Å². The zero-order valence-electron chi connectivity index (χ0n) is 34.0. The van der Waals surface area contributed by atoms with E-state index in [1.807, 2.05) is 0 Å². The molecule has 12 rings (SSSR count). The summed E-state index contributed by atoms with van der Waals surface area (Å²) in [7, 11) is 0. The second kappa shape index (κ2) is 14.7. The molecule has 0 spiro atoms. The highest BCUT2D eigenvalue weighted by Gasteiger charge is 2.25. The number of hydrogen-bond donors (Lipinski definition) is 0. The summed E-state index contributed by atoms with van der Waals surface area (Å²) in [4.78, 5) is 2.46. The van der Waals surface area contributed by atoms with E-state index in [4.69, 9.17) is 4.42 Å². The van der Waals surface area contributed by atoms with E-state index in [9.17, 15) is 0 Å². The first-order chi connectivity index (χ1) is 30.3. The van der Waals surface area contributed by atoms with Crippen LogP contribution in [0.5, 0.6) is 0 Å². The molecule has 0 radical (unpaired) electrons. The van der Waals surface area contributed by atoms with Crippen LogP contribution < -0.4 is 4.90 Å². The Bertz CT molecular complexity index is 3400. The Labute approximate surface area is 355 Å². The van der Waals surface area contributed by atoms with Gasteiger partial charge < -0.3 is 13.9 Å². The normalized spacial score (nSPS) is 13.5. The van der Waals surface area contributed by atoms with Crippen molar-refractivity contribution >= 4 is 71.6 Å². The van der Waals surface area contributed by atoms with Crippen molar-refractivity contribution in [1.29, 1.82) is 0 Å². The SMILES string of the molecule is c1ccc(-n2c3ccccc3c3cc(-c4ccc(N(c5ccccc5-c5cccc6cccc(C7CCCCC7)c56)c5cccc6oc7ccccc7c56)cc4)ccc32)cc1. The van der Waals surface area contributed by atoms with E-state index in [1.54, 1.807) is 0 Å². The number of anilines is 3. The van der Waals surface area contributed by atoms with Crippen LogP contribution in [0.1, 0.15) is 43.6 Å². The zero-order chi connectivity index (χ0) is 40.3. The predicted molar refractivity (Wildman–Crippen MR) is 257 cm³/mol. The number of rotatable bonds is 7. The van der Waals surface area contributed by atoms with Gasteiger partial charge in [0.15, 0.2) is 0 Å². The fourth-order valence-corrected chi connectivity index (χ4v) is 10.4. The van der Waals surface area contributed by atoms with E-state index in [1.165, 1.54) is 98.2 Å². The second-order valence-corrected chi connectivity index (χ2v) is 16.7. The fraction of sp³-hybridized carbons (Fsp3) is 0.103. The van der Waals surface area contributed by atoms with Gasteiger partial charge in [0, 0.05) is 33.1 Å². The molecule has 11 aromatic rings. The lowest BCUT2D eigenvalue weighted by atomic mass is 9.80. The third-order valence-electron chi connectivity index (χ3n) is 13.2. The van der Waals surface area contributed by atoms with Crippen LogP contribution in [0.4, 0.5) is 17.1 Å². The number of aromatic nitrogens is 1. The number of para-hydroxylation sites is 4. The molecule has 2 heterocycles. The van der Waals surface area contributed by atoms with Gasteiger partial charge in [0.2, 0.25) is 0 Å². The van der Waals surface area contributed by atoms with Crippen molar-refractivity contribution in [2.45, 2.75) is 38.0 Å². The zero-order valence-corrected chi connectivity index (χ0v) is 34.0. The molecule has 0 amide bonds. The smallest absolute Gasteiger partial charge is 0.137 e. The molecule has 3 heteroatoms. The minimum Gasteiger partial charge on any atom is -0.456 e. The number of hydrogen-bond acceptors (Lipinski definition) is 2. The summed E-state index contributed by atoms with van der Waals surface area (Å²) in [5.41, 5.74) is 15.0. The molecular formula is C58H44N2O. The molecule has 3 nitrogen and oxygen atoms in total. The summed E-state index contributed by atoms with van der Waals surface area (Å²) < 4.78 is 8.89. The van der Waals surface area contributed by atoms with Gasteiger partial charge in [-0.1, -0.05) is 153 Å². The van der Waals surface area contributed by atoms with Crippen molar-refractivity contribution in [3.63, 3.8) is 0 Å². The van der Waals surface area contributed by atoms with Crippen LogP contribution in [-0.4, -0.2) is 4.57 Å². The Balaban J connectivity index is 1.04. The van der Waals surface area contributed by atoms with E-state index in [-0.39, 0.29) is 0 Å². The molecule has 0 atom stereocenters. The van der Waals surface area contributed by atoms with Crippen LogP contribution in [0.3, 0.4) is 0 Å². The second-order valence-electron chi connectivity index (χ2n) is 16.7. The molecule has 0 saturated heterocycles. The molecule has 1 fully saturated rings. The van der Waals surface area contributed by atoms with Crippen molar-refractivity contribution in [3.8, 4) is 27.9 Å². The van der Waals surface area contributed by atoms with E-state index in [2.05, 4.69) is 210 Å². The molecule has 0 N–H and O–H groups in total. The van der Waals surface area contributed by atoms with Crippen molar-refractivity contribution in [2.75, 3.05) is 4.90 Å². The van der Waals surface area contributed by atoms with Crippen LogP contribution in [-0.2, 0) is 0 Å². The summed E-state index contributed by atoms with van der Waals surface area (Å²) in [6.45, 7) is 0. The topological polar surface area (TPSA) is 21.3 Å². The Hall–Kier alpha value is -7.36. The fourth-order valence-electron chi connectivity index (χ4n) is 10.4. The highest BCUT2D eigenvalue weighted by Crippen LogP contribution is 2.48. The largest absolute Gasteiger partial charge is 0.456 e. The van der Waals surface area contributed by atoms with Crippen LogP contribution in [0, 0.1) is 0 Å². The van der Waals surface area contributed by atoms with Gasteiger partial charge in [-0.2, -0.15) is 0 Å². The lowest BCUT2D eigenvalue weighted by Crippen LogP contribution is -2.12. The maximum Gasteiger partial charge on any atom is 0.137 e. The van der Waals surface area contributed by atoms with Crippen LogP contribution in [0.2, 0.25) is 0 Å². The third kappa shape index (κ3) is 5.95. The van der Waals surface area contributed by atoms with Gasteiger partial charge >= 0.3 is 0 Å². The number of furan rings is 1. The molecule has 0 aliphatic heterocycles. The van der Waals surface area contributed by atoms with Crippen LogP contribution in [0.15, 0.2) is 205 Å². The lowest BCUT2D eigenvalue weighted by Gasteiger charge is -2.29. The van der Waals surface area contributed by atoms with Crippen molar-refractivity contribution in [3.05, 3.63) is 206 Å². The molecule has 0 bridgehead atoms. The Morgan fingerprint density at radius 2 is 1.10 bits per heavy atom. The molecule has 61 heavy (non-hydrogen) atoms. The average Bonchev–Trinajstić information content (AvgIpc) is 3.88. The summed E-state index contributed by atoms with van der Waals surface area (Å²) in [5.74, 6) is 0.578. The van der Waals surface area contributed by atoms with Gasteiger partial charge in [0.25, 0.3) is 0 Å². The van der Waals surface area contributed by atoms with Crippen molar-refractivity contribution < 1.29 is 4.42 Å². The van der Waals surface area contributed by atoms with Gasteiger partial charge in [-0.05, 0) is 119 Å². The summed E-state index contributed by atoms with van der Waals surface area (Å²) >= 11 is 0. The van der Waals surface area contributed by atoms with Crippen molar-refractivity contribution in [2.24, 2.45) is 0 Å². The quantitative estimate of drug-likeness (QED) is 0.161. The first-order valence-corrected chi connectivity index (χ1v) is 21.8. The Morgan fingerprint density at radius 1 is 0.443 bits per heavy atom. The van der Waals surface area contributed by atoms with Gasteiger partial charge in [0.05, 0.1) is 27.8 Å². The molecule has 1 aliphatic rings. The van der Waals surface area contributed by atoms with Gasteiger partial charge in [-0.15, -0.1) is 0 Å². The molecule has 292 valence electrons. The van der Waals surface area contributed by atoms with Gasteiger partial charge in [0.1, 0.15) is 11.2 Å². The number of nitrogens with zero attached hydrogens (tertiary/aromatic N) is 2. The highest BCUT2D eigenvalue weighted by atomic mass is 16.3. The maximum absolute atomic E-state index is 6.51. The minimum atomic E-state index is 0.578. The molecule has 2 aromatic heterocycles. The first kappa shape index (κ1) is 35.6. The van der Waals surface area contributed by atoms with Gasteiger partial charge in [-0.3, -0.25) is 0 Å². The monoisotopic (exact) mass is 784 g/mol. The Kier molecular flexibility index (Phi) is 8.59. The minimum absolute atomic E-state index is 0.578. The van der Waals surface area contributed by atoms with Gasteiger partial charge in [-0.25, -0.2) is 0 Å². The standard InChI is InChI=1S/C58H44N2O/c1-3-16-40(17-4-1)45-25-13-18-41-19-14-26-48(57(41)45)46-22-7-10-27-51(46)60(54-29-15-31-56-58(54)49-24-9-12-30-55(49)61-56)44-35-32-39(33-36-44)42-34-37-53-50(38-42)47-23-8-11-28-52(47)59(53)43-20-5-2-6-21-43/h2,5-15,18-38,40H,1,3-4,16-17H2.